The van der Waals surface area contributed by atoms with E-state index in [1.54, 1.807) is 0 Å². The van der Waals surface area contributed by atoms with Crippen LogP contribution in [0.4, 0.5) is 0 Å². The number of hydrogen-bond donors (Lipinski definition) is 0. The Morgan fingerprint density at radius 1 is 0.385 bits per heavy atom. The van der Waals surface area contributed by atoms with Crippen molar-refractivity contribution < 1.29 is 0 Å². The third-order valence-electron chi connectivity index (χ3n) is 10.7. The molecule has 0 saturated heterocycles. The van der Waals surface area contributed by atoms with Gasteiger partial charge in [-0.3, -0.25) is 0 Å². The van der Waals surface area contributed by atoms with Gasteiger partial charge in [-0.25, -0.2) is 15.0 Å². The van der Waals surface area contributed by atoms with E-state index in [1.165, 1.54) is 44.3 Å². The molecule has 0 spiro atoms. The lowest BCUT2D eigenvalue weighted by molar-refractivity contribution is 0.661. The summed E-state index contributed by atoms with van der Waals surface area (Å²) in [5.74, 6) is 1.96. The van der Waals surface area contributed by atoms with E-state index in [2.05, 4.69) is 128 Å². The molecule has 0 bridgehead atoms. The fraction of sp³-hybridized carbons (Fsp3) is 0.0625. The first kappa shape index (κ1) is 30.2. The largest absolute Gasteiger partial charge is 0.309 e. The molecule has 10 rings (SSSR count). The average Bonchev–Trinajstić information content (AvgIpc) is 3.65. The molecule has 52 heavy (non-hydrogen) atoms. The van der Waals surface area contributed by atoms with Crippen LogP contribution in [0, 0.1) is 0 Å². The summed E-state index contributed by atoms with van der Waals surface area (Å²) in [4.78, 5) is 15.1. The van der Waals surface area contributed by atoms with Crippen LogP contribution in [-0.4, -0.2) is 19.5 Å². The van der Waals surface area contributed by atoms with Crippen molar-refractivity contribution in [3.8, 4) is 62.1 Å². The van der Waals surface area contributed by atoms with Crippen molar-refractivity contribution in [2.24, 2.45) is 0 Å². The Morgan fingerprint density at radius 3 is 1.52 bits per heavy atom. The lowest BCUT2D eigenvalue weighted by atomic mass is 9.82. The maximum Gasteiger partial charge on any atom is 0.164 e. The number of aromatic nitrogens is 4. The van der Waals surface area contributed by atoms with Crippen LogP contribution in [0.3, 0.4) is 0 Å². The zero-order valence-electron chi connectivity index (χ0n) is 29.0. The maximum atomic E-state index is 5.07. The molecule has 0 saturated carbocycles. The van der Waals surface area contributed by atoms with Crippen molar-refractivity contribution in [1.29, 1.82) is 0 Å². The van der Waals surface area contributed by atoms with Crippen LogP contribution in [0.25, 0.3) is 83.9 Å². The standard InChI is InChI=1S/C48H34N4/c1-48(2)41-21-13-12-20-37(41)38-29-40-39-28-35(47-50-45(33-16-8-4-9-17-33)49-46(51-47)34-18-10-5-11-19-34)24-27-43(39)52(44(40)30-42(38)48)36-25-22-32(23-26-36)31-14-6-3-7-15-31/h3-30H,1-2H3. The second-order valence-electron chi connectivity index (χ2n) is 14.1. The molecule has 0 N–H and O–H groups in total. The van der Waals surface area contributed by atoms with Gasteiger partial charge in [-0.05, 0) is 75.8 Å². The summed E-state index contributed by atoms with van der Waals surface area (Å²) in [7, 11) is 0. The molecule has 0 unspecified atom stereocenters. The lowest BCUT2D eigenvalue weighted by Crippen LogP contribution is -2.14. The molecule has 2 heterocycles. The van der Waals surface area contributed by atoms with Gasteiger partial charge in [0, 0.05) is 38.6 Å². The maximum absolute atomic E-state index is 5.07. The highest BCUT2D eigenvalue weighted by molar-refractivity contribution is 6.12. The normalized spacial score (nSPS) is 13.0. The first-order valence-electron chi connectivity index (χ1n) is 17.8. The first-order valence-corrected chi connectivity index (χ1v) is 17.8. The van der Waals surface area contributed by atoms with Crippen molar-refractivity contribution >= 4 is 21.8 Å². The molecule has 9 aromatic rings. The van der Waals surface area contributed by atoms with Crippen LogP contribution in [0.2, 0.25) is 0 Å². The van der Waals surface area contributed by atoms with Gasteiger partial charge in [0.05, 0.1) is 11.0 Å². The van der Waals surface area contributed by atoms with Gasteiger partial charge in [-0.1, -0.05) is 141 Å². The van der Waals surface area contributed by atoms with Crippen molar-refractivity contribution in [1.82, 2.24) is 19.5 Å². The summed E-state index contributed by atoms with van der Waals surface area (Å²) in [5, 5.41) is 2.36. The molecular weight excluding hydrogens is 633 g/mol. The Bertz CT molecular complexity index is 2720. The monoisotopic (exact) mass is 666 g/mol. The number of rotatable bonds is 5. The van der Waals surface area contributed by atoms with E-state index in [4.69, 9.17) is 15.0 Å². The van der Waals surface area contributed by atoms with Gasteiger partial charge >= 0.3 is 0 Å². The fourth-order valence-corrected chi connectivity index (χ4v) is 8.00. The molecule has 0 aliphatic heterocycles. The molecule has 1 aliphatic carbocycles. The molecule has 0 radical (unpaired) electrons. The highest BCUT2D eigenvalue weighted by Gasteiger charge is 2.36. The summed E-state index contributed by atoms with van der Waals surface area (Å²) in [6.45, 7) is 4.69. The van der Waals surface area contributed by atoms with Crippen molar-refractivity contribution in [2.75, 3.05) is 0 Å². The zero-order chi connectivity index (χ0) is 34.8. The highest BCUT2D eigenvalue weighted by Crippen LogP contribution is 2.51. The Morgan fingerprint density at radius 2 is 0.885 bits per heavy atom. The second-order valence-corrected chi connectivity index (χ2v) is 14.1. The van der Waals surface area contributed by atoms with Crippen molar-refractivity contribution in [3.05, 3.63) is 181 Å². The predicted molar refractivity (Wildman–Crippen MR) is 213 cm³/mol. The Labute approximate surface area is 302 Å². The predicted octanol–water partition coefficient (Wildman–Crippen LogP) is 11.9. The summed E-state index contributed by atoms with van der Waals surface area (Å²) in [6.07, 6.45) is 0. The van der Waals surface area contributed by atoms with Crippen LogP contribution in [-0.2, 0) is 5.41 Å². The van der Waals surface area contributed by atoms with Gasteiger partial charge in [0.15, 0.2) is 17.5 Å². The second kappa shape index (κ2) is 11.7. The van der Waals surface area contributed by atoms with Crippen LogP contribution in [0.5, 0.6) is 0 Å². The molecule has 1 aliphatic rings. The minimum atomic E-state index is -0.115. The Kier molecular flexibility index (Phi) is 6.80. The Hall–Kier alpha value is -6.65. The van der Waals surface area contributed by atoms with E-state index in [1.807, 2.05) is 60.7 Å². The fourth-order valence-electron chi connectivity index (χ4n) is 8.00. The topological polar surface area (TPSA) is 43.6 Å². The molecular formula is C48H34N4. The molecule has 246 valence electrons. The van der Waals surface area contributed by atoms with E-state index in [9.17, 15) is 0 Å². The average molecular weight is 667 g/mol. The van der Waals surface area contributed by atoms with E-state index in [0.717, 1.165) is 33.3 Å². The quantitative estimate of drug-likeness (QED) is 0.184. The van der Waals surface area contributed by atoms with Gasteiger partial charge in [0.25, 0.3) is 0 Å². The number of nitrogens with zero attached hydrogens (tertiary/aromatic N) is 4. The van der Waals surface area contributed by atoms with Crippen molar-refractivity contribution in [2.45, 2.75) is 19.3 Å². The van der Waals surface area contributed by atoms with Crippen molar-refractivity contribution in [3.63, 3.8) is 0 Å². The van der Waals surface area contributed by atoms with Gasteiger partial charge < -0.3 is 4.57 Å². The minimum Gasteiger partial charge on any atom is -0.309 e. The lowest BCUT2D eigenvalue weighted by Gasteiger charge is -2.21. The molecule has 0 amide bonds. The van der Waals surface area contributed by atoms with Crippen LogP contribution >= 0.6 is 0 Å². The van der Waals surface area contributed by atoms with Gasteiger partial charge in [0.2, 0.25) is 0 Å². The van der Waals surface area contributed by atoms with Gasteiger partial charge in [-0.15, -0.1) is 0 Å². The number of hydrogen-bond acceptors (Lipinski definition) is 3. The summed E-state index contributed by atoms with van der Waals surface area (Å²) in [5.41, 5.74) is 13.9. The van der Waals surface area contributed by atoms with E-state index < -0.39 is 0 Å². The smallest absolute Gasteiger partial charge is 0.164 e. The molecule has 4 heteroatoms. The number of benzene rings is 7. The molecule has 7 aromatic carbocycles. The Balaban J connectivity index is 1.21. The van der Waals surface area contributed by atoms with E-state index in [-0.39, 0.29) is 5.41 Å². The van der Waals surface area contributed by atoms with Gasteiger partial charge in [-0.2, -0.15) is 0 Å². The summed E-state index contributed by atoms with van der Waals surface area (Å²) in [6, 6.07) is 60.2. The highest BCUT2D eigenvalue weighted by atomic mass is 15.0. The molecule has 0 fully saturated rings. The van der Waals surface area contributed by atoms with E-state index in [0.29, 0.717) is 17.5 Å². The van der Waals surface area contributed by atoms with E-state index >= 15 is 0 Å². The van der Waals surface area contributed by atoms with Crippen LogP contribution in [0.1, 0.15) is 25.0 Å². The summed E-state index contributed by atoms with van der Waals surface area (Å²) < 4.78 is 2.42. The summed E-state index contributed by atoms with van der Waals surface area (Å²) >= 11 is 0. The SMILES string of the molecule is CC1(C)c2ccccc2-c2cc3c4cc(-c5nc(-c6ccccc6)nc(-c6ccccc6)n5)ccc4n(-c4ccc(-c5ccccc5)cc4)c3cc21. The minimum absolute atomic E-state index is 0.115. The molecule has 4 nitrogen and oxygen atoms in total. The third kappa shape index (κ3) is 4.79. The van der Waals surface area contributed by atoms with Gasteiger partial charge in [0.1, 0.15) is 0 Å². The molecule has 2 aromatic heterocycles. The molecule has 0 atom stereocenters. The third-order valence-corrected chi connectivity index (χ3v) is 10.7. The zero-order valence-corrected chi connectivity index (χ0v) is 29.0. The van der Waals surface area contributed by atoms with Crippen LogP contribution in [0.15, 0.2) is 170 Å². The number of fused-ring (bicyclic) bond motifs is 6. The van der Waals surface area contributed by atoms with Crippen LogP contribution < -0.4 is 0 Å². The first-order chi connectivity index (χ1) is 25.5.